The van der Waals surface area contributed by atoms with Crippen LogP contribution >= 0.6 is 11.8 Å². The fraction of sp³-hybridized carbons (Fsp3) is 0.533. The highest BCUT2D eigenvalue weighted by atomic mass is 32.2. The molecule has 0 aromatic heterocycles. The topological polar surface area (TPSA) is 45.0 Å². The SMILES string of the molecule is CCNC(C#N)(CCSCCOC)c1ccccc1. The highest BCUT2D eigenvalue weighted by Gasteiger charge is 2.30. The van der Waals surface area contributed by atoms with Crippen molar-refractivity contribution < 1.29 is 4.74 Å². The Morgan fingerprint density at radius 3 is 2.63 bits per heavy atom. The molecule has 3 nitrogen and oxygen atoms in total. The summed E-state index contributed by atoms with van der Waals surface area (Å²) in [4.78, 5) is 0. The molecule has 0 amide bonds. The molecule has 1 aromatic rings. The first-order valence-electron chi connectivity index (χ1n) is 6.57. The molecule has 0 spiro atoms. The summed E-state index contributed by atoms with van der Waals surface area (Å²) in [6.45, 7) is 3.58. The van der Waals surface area contributed by atoms with Gasteiger partial charge in [0, 0.05) is 12.9 Å². The second kappa shape index (κ2) is 8.98. The second-order valence-electron chi connectivity index (χ2n) is 4.27. The standard InChI is InChI=1S/C15H22N2OS/c1-3-17-15(13-16,9-11-19-12-10-18-2)14-7-5-4-6-8-14/h4-8,17H,3,9-12H2,1-2H3. The van der Waals surface area contributed by atoms with E-state index >= 15 is 0 Å². The van der Waals surface area contributed by atoms with Crippen LogP contribution in [0, 0.1) is 11.3 Å². The molecule has 19 heavy (non-hydrogen) atoms. The van der Waals surface area contributed by atoms with Gasteiger partial charge in [0.15, 0.2) is 0 Å². The Hall–Kier alpha value is -1.02. The van der Waals surface area contributed by atoms with Crippen molar-refractivity contribution in [3.8, 4) is 6.07 Å². The number of hydrogen-bond acceptors (Lipinski definition) is 4. The predicted octanol–water partition coefficient (Wildman–Crippen LogP) is 2.78. The van der Waals surface area contributed by atoms with E-state index in [-0.39, 0.29) is 0 Å². The van der Waals surface area contributed by atoms with Crippen LogP contribution < -0.4 is 5.32 Å². The number of thioether (sulfide) groups is 1. The van der Waals surface area contributed by atoms with E-state index in [2.05, 4.69) is 11.4 Å². The van der Waals surface area contributed by atoms with Gasteiger partial charge in [0.2, 0.25) is 0 Å². The minimum absolute atomic E-state index is 0.573. The van der Waals surface area contributed by atoms with Gasteiger partial charge < -0.3 is 4.74 Å². The average Bonchev–Trinajstić information content (AvgIpc) is 2.47. The Balaban J connectivity index is 2.68. The average molecular weight is 278 g/mol. The first-order valence-corrected chi connectivity index (χ1v) is 7.73. The number of nitrogens with zero attached hydrogens (tertiary/aromatic N) is 1. The monoisotopic (exact) mass is 278 g/mol. The molecule has 4 heteroatoms. The Bertz CT molecular complexity index is 391. The Morgan fingerprint density at radius 2 is 2.05 bits per heavy atom. The van der Waals surface area contributed by atoms with Gasteiger partial charge >= 0.3 is 0 Å². The molecule has 1 atom stereocenters. The van der Waals surface area contributed by atoms with Crippen LogP contribution in [-0.2, 0) is 10.3 Å². The molecule has 0 aliphatic carbocycles. The molecule has 104 valence electrons. The zero-order chi connectivity index (χ0) is 14.0. The summed E-state index contributed by atoms with van der Waals surface area (Å²) in [7, 11) is 1.71. The molecule has 1 unspecified atom stereocenters. The lowest BCUT2D eigenvalue weighted by molar-refractivity contribution is 0.218. The van der Waals surface area contributed by atoms with Gasteiger partial charge in [-0.05, 0) is 24.3 Å². The summed E-state index contributed by atoms with van der Waals surface area (Å²) in [5.41, 5.74) is 0.475. The number of ether oxygens (including phenoxy) is 1. The summed E-state index contributed by atoms with van der Waals surface area (Å²) in [6, 6.07) is 12.5. The summed E-state index contributed by atoms with van der Waals surface area (Å²) in [5, 5.41) is 13.0. The van der Waals surface area contributed by atoms with Gasteiger partial charge in [0.25, 0.3) is 0 Å². The van der Waals surface area contributed by atoms with E-state index in [1.807, 2.05) is 49.0 Å². The third-order valence-electron chi connectivity index (χ3n) is 2.99. The smallest absolute Gasteiger partial charge is 0.133 e. The first-order chi connectivity index (χ1) is 9.29. The first kappa shape index (κ1) is 16.0. The molecule has 1 rings (SSSR count). The maximum Gasteiger partial charge on any atom is 0.133 e. The summed E-state index contributed by atoms with van der Waals surface area (Å²) >= 11 is 1.82. The van der Waals surface area contributed by atoms with Gasteiger partial charge in [-0.2, -0.15) is 17.0 Å². The van der Waals surface area contributed by atoms with Crippen LogP contribution in [0.1, 0.15) is 18.9 Å². The number of nitriles is 1. The van der Waals surface area contributed by atoms with E-state index < -0.39 is 5.54 Å². The van der Waals surface area contributed by atoms with Crippen molar-refractivity contribution in [2.45, 2.75) is 18.9 Å². The van der Waals surface area contributed by atoms with Gasteiger partial charge in [-0.25, -0.2) is 0 Å². The van der Waals surface area contributed by atoms with Crippen molar-refractivity contribution in [2.24, 2.45) is 0 Å². The maximum absolute atomic E-state index is 9.62. The lowest BCUT2D eigenvalue weighted by Crippen LogP contribution is -2.41. The van der Waals surface area contributed by atoms with Crippen LogP contribution in [0.4, 0.5) is 0 Å². The summed E-state index contributed by atoms with van der Waals surface area (Å²) < 4.78 is 5.03. The lowest BCUT2D eigenvalue weighted by atomic mass is 9.88. The van der Waals surface area contributed by atoms with E-state index in [9.17, 15) is 5.26 Å². The highest BCUT2D eigenvalue weighted by Crippen LogP contribution is 2.26. The maximum atomic E-state index is 9.62. The van der Waals surface area contributed by atoms with Gasteiger partial charge in [0.1, 0.15) is 5.54 Å². The number of benzene rings is 1. The van der Waals surface area contributed by atoms with Crippen molar-refractivity contribution in [3.63, 3.8) is 0 Å². The molecule has 0 saturated heterocycles. The summed E-state index contributed by atoms with van der Waals surface area (Å²) in [5.74, 6) is 1.91. The Labute approximate surface area is 120 Å². The van der Waals surface area contributed by atoms with Crippen molar-refractivity contribution in [1.82, 2.24) is 5.32 Å². The Kier molecular flexibility index (Phi) is 7.57. The molecule has 0 aliphatic rings. The van der Waals surface area contributed by atoms with E-state index in [4.69, 9.17) is 4.74 Å². The van der Waals surface area contributed by atoms with Crippen molar-refractivity contribution in [2.75, 3.05) is 31.8 Å². The third kappa shape index (κ3) is 4.87. The Morgan fingerprint density at radius 1 is 1.32 bits per heavy atom. The van der Waals surface area contributed by atoms with Crippen LogP contribution in [0.25, 0.3) is 0 Å². The van der Waals surface area contributed by atoms with Crippen LogP contribution in [0.2, 0.25) is 0 Å². The molecular formula is C15H22N2OS. The molecule has 0 radical (unpaired) electrons. The van der Waals surface area contributed by atoms with Crippen LogP contribution in [0.3, 0.4) is 0 Å². The normalized spacial score (nSPS) is 13.7. The number of nitrogens with one attached hydrogen (secondary N) is 1. The fourth-order valence-corrected chi connectivity index (χ4v) is 2.93. The second-order valence-corrected chi connectivity index (χ2v) is 5.49. The third-order valence-corrected chi connectivity index (χ3v) is 3.94. The molecule has 0 aliphatic heterocycles. The minimum Gasteiger partial charge on any atom is -0.384 e. The molecule has 1 aromatic carbocycles. The number of hydrogen-bond donors (Lipinski definition) is 1. The van der Waals surface area contributed by atoms with Crippen molar-refractivity contribution in [1.29, 1.82) is 5.26 Å². The molecule has 1 N–H and O–H groups in total. The van der Waals surface area contributed by atoms with Crippen LogP contribution in [0.15, 0.2) is 30.3 Å². The minimum atomic E-state index is -0.573. The predicted molar refractivity (Wildman–Crippen MR) is 81.2 cm³/mol. The number of rotatable bonds is 9. The molecule has 0 bridgehead atoms. The van der Waals surface area contributed by atoms with Crippen molar-refractivity contribution >= 4 is 11.8 Å². The summed E-state index contributed by atoms with van der Waals surface area (Å²) in [6.07, 6.45) is 0.801. The molecule has 0 saturated carbocycles. The van der Waals surface area contributed by atoms with Crippen molar-refractivity contribution in [3.05, 3.63) is 35.9 Å². The van der Waals surface area contributed by atoms with E-state index in [0.717, 1.165) is 36.6 Å². The van der Waals surface area contributed by atoms with E-state index in [1.54, 1.807) is 7.11 Å². The van der Waals surface area contributed by atoms with Gasteiger partial charge in [-0.15, -0.1) is 0 Å². The lowest BCUT2D eigenvalue weighted by Gasteiger charge is -2.28. The quantitative estimate of drug-likeness (QED) is 0.706. The zero-order valence-electron chi connectivity index (χ0n) is 11.7. The zero-order valence-corrected chi connectivity index (χ0v) is 12.5. The molecule has 0 fully saturated rings. The van der Waals surface area contributed by atoms with E-state index in [0.29, 0.717) is 0 Å². The van der Waals surface area contributed by atoms with Crippen LogP contribution in [-0.4, -0.2) is 31.8 Å². The highest BCUT2D eigenvalue weighted by molar-refractivity contribution is 7.99. The van der Waals surface area contributed by atoms with Crippen LogP contribution in [0.5, 0.6) is 0 Å². The largest absolute Gasteiger partial charge is 0.384 e. The van der Waals surface area contributed by atoms with E-state index in [1.165, 1.54) is 0 Å². The molecule has 0 heterocycles. The number of methoxy groups -OCH3 is 1. The van der Waals surface area contributed by atoms with Gasteiger partial charge in [0.05, 0.1) is 12.7 Å². The molecular weight excluding hydrogens is 256 g/mol. The van der Waals surface area contributed by atoms with Gasteiger partial charge in [-0.3, -0.25) is 5.32 Å². The fourth-order valence-electron chi connectivity index (χ4n) is 1.99. The van der Waals surface area contributed by atoms with Gasteiger partial charge in [-0.1, -0.05) is 37.3 Å².